The quantitative estimate of drug-likeness (QED) is 0.286. The number of rotatable bonds is 3. The molecule has 1 rings (SSSR count). The first-order valence-electron chi connectivity index (χ1n) is 4.99. The van der Waals surface area contributed by atoms with Gasteiger partial charge in [-0.15, -0.1) is 0 Å². The maximum Gasteiger partial charge on any atom is 1.00 e. The van der Waals surface area contributed by atoms with Crippen LogP contribution in [-0.2, 0) is 0 Å². The first-order valence-corrected chi connectivity index (χ1v) is 8.49. The predicted molar refractivity (Wildman–Crippen MR) is 67.3 cm³/mol. The molecule has 0 bridgehead atoms. The van der Waals surface area contributed by atoms with E-state index in [2.05, 4.69) is 31.7 Å². The number of furan rings is 1. The van der Waals surface area contributed by atoms with Crippen molar-refractivity contribution in [2.75, 3.05) is 14.1 Å². The van der Waals surface area contributed by atoms with Gasteiger partial charge in [0.15, 0.2) is 0 Å². The first kappa shape index (κ1) is 15.4. The van der Waals surface area contributed by atoms with Crippen LogP contribution in [0.15, 0.2) is 21.7 Å². The third kappa shape index (κ3) is 4.13. The molecule has 0 spiro atoms. The van der Waals surface area contributed by atoms with E-state index in [0.717, 1.165) is 11.1 Å². The molecule has 5 heteroatoms. The number of hydrogen-bond acceptors (Lipinski definition) is 3. The Morgan fingerprint density at radius 1 is 1.31 bits per heavy atom. The molecule has 3 nitrogen and oxygen atoms in total. The van der Waals surface area contributed by atoms with Gasteiger partial charge >= 0.3 is 18.9 Å². The zero-order valence-electron chi connectivity index (χ0n) is 11.2. The average Bonchev–Trinajstić information content (AvgIpc) is 2.48. The second-order valence-electron chi connectivity index (χ2n) is 4.81. The van der Waals surface area contributed by atoms with E-state index in [1.54, 1.807) is 5.01 Å². The summed E-state index contributed by atoms with van der Waals surface area (Å²) in [6.07, 6.45) is 0. The van der Waals surface area contributed by atoms with Crippen LogP contribution in [0.25, 0.3) is 0 Å². The van der Waals surface area contributed by atoms with Crippen molar-refractivity contribution < 1.29 is 23.3 Å². The molecule has 0 aromatic carbocycles. The maximum absolute atomic E-state index is 5.75. The van der Waals surface area contributed by atoms with E-state index < -0.39 is 8.07 Å². The average molecular weight is 230 g/mol. The summed E-state index contributed by atoms with van der Waals surface area (Å²) in [5, 5.41) is 7.02. The Kier molecular flexibility index (Phi) is 5.47. The molecule has 0 fully saturated rings. The topological polar surface area (TPSA) is 28.7 Å². The van der Waals surface area contributed by atoms with E-state index in [1.165, 1.54) is 0 Å². The van der Waals surface area contributed by atoms with Crippen molar-refractivity contribution in [1.82, 2.24) is 5.01 Å². The third-order valence-electron chi connectivity index (χ3n) is 1.95. The standard InChI is InChI=1S/C11H19N2OSi.Li/c1-9(12-13(2)3)10-7-8-11(14-10)15(4,5)6;/h7-8H,1H2,2-6H3;/q-1;+1/b12-9+;. The Morgan fingerprint density at radius 2 is 1.88 bits per heavy atom. The van der Waals surface area contributed by atoms with Gasteiger partial charge in [-0.25, -0.2) is 12.0 Å². The van der Waals surface area contributed by atoms with Gasteiger partial charge in [-0.05, 0) is 17.5 Å². The largest absolute Gasteiger partial charge is 1.00 e. The van der Waals surface area contributed by atoms with Crippen molar-refractivity contribution in [1.29, 1.82) is 0 Å². The van der Waals surface area contributed by atoms with E-state index >= 15 is 0 Å². The third-order valence-corrected chi connectivity index (χ3v) is 3.70. The Bertz CT molecular complexity index is 366. The molecule has 0 aliphatic heterocycles. The number of hydrogen-bond donors (Lipinski definition) is 0. The number of nitrogens with zero attached hydrogens (tertiary/aromatic N) is 2. The van der Waals surface area contributed by atoms with Crippen molar-refractivity contribution in [3.8, 4) is 0 Å². The zero-order valence-corrected chi connectivity index (χ0v) is 12.2. The zero-order chi connectivity index (χ0) is 11.6. The summed E-state index contributed by atoms with van der Waals surface area (Å²) in [5.41, 5.74) is 0.671. The minimum atomic E-state index is -1.36. The van der Waals surface area contributed by atoms with Crippen molar-refractivity contribution in [2.45, 2.75) is 19.6 Å². The second kappa shape index (κ2) is 5.67. The van der Waals surface area contributed by atoms with Crippen LogP contribution in [-0.4, -0.2) is 32.9 Å². The van der Waals surface area contributed by atoms with Gasteiger partial charge in [0.05, 0.1) is 5.38 Å². The fourth-order valence-corrected chi connectivity index (χ4v) is 2.19. The van der Waals surface area contributed by atoms with E-state index in [0.29, 0.717) is 5.71 Å². The summed E-state index contributed by atoms with van der Waals surface area (Å²) in [6, 6.07) is 3.99. The van der Waals surface area contributed by atoms with Gasteiger partial charge < -0.3 is 9.43 Å². The number of hydrazone groups is 1. The fraction of sp³-hybridized carbons (Fsp3) is 0.455. The molecule has 0 saturated heterocycles. The molecule has 0 amide bonds. The molecule has 0 saturated carbocycles. The van der Waals surface area contributed by atoms with Crippen molar-refractivity contribution in [3.63, 3.8) is 0 Å². The Labute approximate surface area is 111 Å². The summed E-state index contributed by atoms with van der Waals surface area (Å²) in [6.45, 7) is 10.6. The van der Waals surface area contributed by atoms with Gasteiger partial charge in [-0.1, -0.05) is 25.7 Å². The normalized spacial score (nSPS) is 12.2. The van der Waals surface area contributed by atoms with E-state index in [1.807, 2.05) is 26.2 Å². The minimum Gasteiger partial charge on any atom is -0.551 e. The maximum atomic E-state index is 5.75. The van der Waals surface area contributed by atoms with Crippen LogP contribution in [0.4, 0.5) is 0 Å². The molecule has 1 aromatic rings. The summed E-state index contributed by atoms with van der Waals surface area (Å²) < 4.78 is 5.75. The van der Waals surface area contributed by atoms with Gasteiger partial charge in [-0.2, -0.15) is 0 Å². The van der Waals surface area contributed by atoms with Crippen molar-refractivity contribution in [3.05, 3.63) is 24.8 Å². The van der Waals surface area contributed by atoms with Crippen LogP contribution >= 0.6 is 0 Å². The fourth-order valence-electron chi connectivity index (χ4n) is 1.19. The molecule has 0 unspecified atom stereocenters. The van der Waals surface area contributed by atoms with E-state index in [-0.39, 0.29) is 18.9 Å². The molecular weight excluding hydrogens is 211 g/mol. The van der Waals surface area contributed by atoms with Gasteiger partial charge in [0.2, 0.25) is 0 Å². The van der Waals surface area contributed by atoms with Crippen LogP contribution in [0.5, 0.6) is 0 Å². The summed E-state index contributed by atoms with van der Waals surface area (Å²) in [7, 11) is 2.38. The molecule has 0 radical (unpaired) electrons. The van der Waals surface area contributed by atoms with Gasteiger partial charge in [0.1, 0.15) is 8.07 Å². The van der Waals surface area contributed by atoms with Gasteiger partial charge in [-0.3, -0.25) is 0 Å². The molecule has 1 aromatic heterocycles. The molecular formula is C11H19LiN2OSi. The summed E-state index contributed by atoms with van der Waals surface area (Å²) in [5.74, 6) is 0.765. The van der Waals surface area contributed by atoms with Crippen molar-refractivity contribution >= 4 is 19.2 Å². The van der Waals surface area contributed by atoms with Crippen LogP contribution in [0, 0.1) is 6.92 Å². The minimum absolute atomic E-state index is 0. The van der Waals surface area contributed by atoms with Crippen LogP contribution in [0.2, 0.25) is 19.6 Å². The smallest absolute Gasteiger partial charge is 0.551 e. The van der Waals surface area contributed by atoms with Crippen LogP contribution in [0.3, 0.4) is 0 Å². The molecule has 16 heavy (non-hydrogen) atoms. The van der Waals surface area contributed by atoms with Gasteiger partial charge in [0, 0.05) is 14.1 Å². The molecule has 1 heterocycles. The van der Waals surface area contributed by atoms with Crippen LogP contribution < -0.4 is 24.2 Å². The van der Waals surface area contributed by atoms with Gasteiger partial charge in [0.25, 0.3) is 0 Å². The van der Waals surface area contributed by atoms with E-state index in [9.17, 15) is 0 Å². The summed E-state index contributed by atoms with van der Waals surface area (Å²) in [4.78, 5) is 0. The Hall–Kier alpha value is -0.566. The second-order valence-corrected chi connectivity index (χ2v) is 9.80. The van der Waals surface area contributed by atoms with E-state index in [4.69, 9.17) is 4.42 Å². The molecule has 84 valence electrons. The molecule has 0 atom stereocenters. The molecule has 0 aliphatic carbocycles. The molecule has 0 N–H and O–H groups in total. The SMILES string of the molecule is [CH2-]/C(=N\N(C)C)c1ccc([Si](C)(C)C)o1.[Li+]. The van der Waals surface area contributed by atoms with Crippen molar-refractivity contribution in [2.24, 2.45) is 5.10 Å². The first-order chi connectivity index (χ1) is 6.80. The monoisotopic (exact) mass is 230 g/mol. The predicted octanol–water partition coefficient (Wildman–Crippen LogP) is -1.07. The Morgan fingerprint density at radius 3 is 2.25 bits per heavy atom. The Balaban J connectivity index is 0.00000225. The molecule has 0 aliphatic rings. The van der Waals surface area contributed by atoms with Crippen LogP contribution in [0.1, 0.15) is 5.76 Å². The summed E-state index contributed by atoms with van der Waals surface area (Å²) >= 11 is 0.